The predicted molar refractivity (Wildman–Crippen MR) is 122 cm³/mol. The highest BCUT2D eigenvalue weighted by Gasteiger charge is 2.31. The van der Waals surface area contributed by atoms with Crippen LogP contribution in [0, 0.1) is 5.92 Å². The van der Waals surface area contributed by atoms with Crippen molar-refractivity contribution in [2.45, 2.75) is 32.0 Å². The van der Waals surface area contributed by atoms with Crippen LogP contribution in [0.5, 0.6) is 0 Å². The van der Waals surface area contributed by atoms with E-state index in [2.05, 4.69) is 44.2 Å². The zero-order valence-electron chi connectivity index (χ0n) is 16.2. The fraction of sp³-hybridized carbons (Fsp3) is 0.450. The number of rotatable bonds is 4. The Bertz CT molecular complexity index is 1050. The first kappa shape index (κ1) is 22.2. The van der Waals surface area contributed by atoms with E-state index in [1.54, 1.807) is 0 Å². The van der Waals surface area contributed by atoms with Gasteiger partial charge < -0.3 is 9.88 Å². The van der Waals surface area contributed by atoms with E-state index in [9.17, 15) is 4.79 Å². The van der Waals surface area contributed by atoms with E-state index < -0.39 is 0 Å². The normalized spacial score (nSPS) is 20.1. The molecule has 0 saturated carbocycles. The van der Waals surface area contributed by atoms with Crippen LogP contribution in [0.2, 0.25) is 0 Å². The van der Waals surface area contributed by atoms with Gasteiger partial charge in [-0.05, 0) is 49.7 Å². The van der Waals surface area contributed by atoms with Crippen molar-refractivity contribution in [3.05, 3.63) is 57.5 Å². The fourth-order valence-corrected chi connectivity index (χ4v) is 5.06. The van der Waals surface area contributed by atoms with Crippen LogP contribution < -0.4 is 10.9 Å². The van der Waals surface area contributed by atoms with Crippen LogP contribution in [0.4, 0.5) is 0 Å². The summed E-state index contributed by atoms with van der Waals surface area (Å²) in [5, 5.41) is 3.50. The van der Waals surface area contributed by atoms with Gasteiger partial charge in [-0.1, -0.05) is 12.1 Å². The molecule has 2 bridgehead atoms. The number of pyridine rings is 1. The molecule has 0 unspecified atom stereocenters. The maximum atomic E-state index is 13.1. The molecule has 9 heteroatoms. The molecular weight excluding hydrogens is 429 g/mol. The van der Waals surface area contributed by atoms with Crippen LogP contribution in [0.15, 0.2) is 35.1 Å². The van der Waals surface area contributed by atoms with Gasteiger partial charge in [0.2, 0.25) is 0 Å². The first-order chi connectivity index (χ1) is 13.2. The van der Waals surface area contributed by atoms with Crippen LogP contribution >= 0.6 is 36.5 Å². The number of nitrogens with one attached hydrogen (secondary N) is 1. The van der Waals surface area contributed by atoms with E-state index in [1.807, 2.05) is 16.7 Å². The molecule has 2 aliphatic heterocycles. The minimum atomic E-state index is 0. The summed E-state index contributed by atoms with van der Waals surface area (Å²) in [6, 6.07) is 10.4. The molecule has 2 atom stereocenters. The lowest BCUT2D eigenvalue weighted by Crippen LogP contribution is -2.45. The maximum Gasteiger partial charge on any atom is 0.255 e. The Morgan fingerprint density at radius 3 is 2.83 bits per heavy atom. The number of piperidine rings is 1. The number of nitrogens with zero attached hydrogens (tertiary/aromatic N) is 4. The van der Waals surface area contributed by atoms with Crippen molar-refractivity contribution in [1.29, 1.82) is 0 Å². The van der Waals surface area contributed by atoms with Gasteiger partial charge >= 0.3 is 0 Å². The summed E-state index contributed by atoms with van der Waals surface area (Å²) in [5.74, 6) is 1.07. The van der Waals surface area contributed by atoms with Gasteiger partial charge in [-0.3, -0.25) is 9.69 Å². The van der Waals surface area contributed by atoms with Crippen molar-refractivity contribution in [3.63, 3.8) is 0 Å². The number of halogens is 2. The number of hydrogen-bond acceptors (Lipinski definition) is 6. The lowest BCUT2D eigenvalue weighted by molar-refractivity contribution is 0.254. The van der Waals surface area contributed by atoms with Gasteiger partial charge in [0.1, 0.15) is 11.0 Å². The molecule has 6 nitrogen and oxygen atoms in total. The topological polar surface area (TPSA) is 63.1 Å². The lowest BCUT2D eigenvalue weighted by Gasteiger charge is -2.37. The zero-order chi connectivity index (χ0) is 18.4. The van der Waals surface area contributed by atoms with Gasteiger partial charge in [-0.15, -0.1) is 24.8 Å². The van der Waals surface area contributed by atoms with Crippen LogP contribution in [0.25, 0.3) is 11.0 Å². The fourth-order valence-electron chi connectivity index (χ4n) is 4.54. The third kappa shape index (κ3) is 4.34. The molecule has 1 fully saturated rings. The molecule has 0 spiro atoms. The summed E-state index contributed by atoms with van der Waals surface area (Å²) in [6.07, 6.45) is 1.21. The first-order valence-corrected chi connectivity index (χ1v) is 10.2. The van der Waals surface area contributed by atoms with E-state index in [-0.39, 0.29) is 30.4 Å². The summed E-state index contributed by atoms with van der Waals surface area (Å²) in [6.45, 7) is 4.30. The van der Waals surface area contributed by atoms with E-state index in [1.165, 1.54) is 29.4 Å². The van der Waals surface area contributed by atoms with Crippen molar-refractivity contribution >= 4 is 47.6 Å². The number of benzene rings is 1. The summed E-state index contributed by atoms with van der Waals surface area (Å²) in [5.41, 5.74) is 5.35. The Kier molecular flexibility index (Phi) is 6.96. The molecule has 29 heavy (non-hydrogen) atoms. The van der Waals surface area contributed by atoms with Gasteiger partial charge in [-0.25, -0.2) is 0 Å². The Morgan fingerprint density at radius 2 is 1.97 bits per heavy atom. The molecule has 1 N–H and O–H groups in total. The Labute approximate surface area is 186 Å². The monoisotopic (exact) mass is 453 g/mol. The van der Waals surface area contributed by atoms with Crippen LogP contribution in [-0.2, 0) is 19.6 Å². The lowest BCUT2D eigenvalue weighted by atomic mass is 9.84. The average Bonchev–Trinajstić information content (AvgIpc) is 3.12. The molecule has 3 aromatic rings. The molecule has 1 aromatic carbocycles. The highest BCUT2D eigenvalue weighted by atomic mass is 35.5. The molecule has 0 aliphatic carbocycles. The van der Waals surface area contributed by atoms with E-state index in [0.29, 0.717) is 18.4 Å². The Balaban J connectivity index is 0.00000120. The maximum absolute atomic E-state index is 13.1. The molecule has 2 aliphatic rings. The molecule has 4 heterocycles. The number of aromatic nitrogens is 3. The van der Waals surface area contributed by atoms with Gasteiger partial charge in [0.15, 0.2) is 0 Å². The van der Waals surface area contributed by atoms with Gasteiger partial charge in [0.25, 0.3) is 5.56 Å². The van der Waals surface area contributed by atoms with Gasteiger partial charge in [0, 0.05) is 43.4 Å². The standard InChI is InChI=1S/C20H23N5OS.2ClH/c1-24(10-13-2-4-17-18(7-13)23-27-22-17)12-15-3-5-19-16-6-14(8-21-9-16)11-25(19)20(15)26;;/h2-5,7,14,16,21H,6,8-12H2,1H3;2*1H/t14-,16+;;/m0../s1. The minimum Gasteiger partial charge on any atom is -0.316 e. The predicted octanol–water partition coefficient (Wildman–Crippen LogP) is 3.04. The largest absolute Gasteiger partial charge is 0.316 e. The van der Waals surface area contributed by atoms with Crippen molar-refractivity contribution in [2.75, 3.05) is 20.1 Å². The smallest absolute Gasteiger partial charge is 0.255 e. The third-order valence-electron chi connectivity index (χ3n) is 5.80. The van der Waals surface area contributed by atoms with Crippen molar-refractivity contribution in [2.24, 2.45) is 5.92 Å². The van der Waals surface area contributed by atoms with E-state index >= 15 is 0 Å². The van der Waals surface area contributed by atoms with Crippen molar-refractivity contribution in [1.82, 2.24) is 23.5 Å². The first-order valence-electron chi connectivity index (χ1n) is 9.50. The second-order valence-corrected chi connectivity index (χ2v) is 8.44. The summed E-state index contributed by atoms with van der Waals surface area (Å²) in [4.78, 5) is 15.3. The van der Waals surface area contributed by atoms with E-state index in [4.69, 9.17) is 0 Å². The average molecular weight is 454 g/mol. The molecule has 0 radical (unpaired) electrons. The number of hydrogen-bond donors (Lipinski definition) is 1. The Hall–Kier alpha value is -1.51. The van der Waals surface area contributed by atoms with Crippen molar-refractivity contribution in [3.8, 4) is 0 Å². The molecule has 156 valence electrons. The van der Waals surface area contributed by atoms with Gasteiger partial charge in [-0.2, -0.15) is 8.75 Å². The second-order valence-electron chi connectivity index (χ2n) is 7.92. The molecule has 0 amide bonds. The summed E-state index contributed by atoms with van der Waals surface area (Å²) < 4.78 is 10.6. The van der Waals surface area contributed by atoms with E-state index in [0.717, 1.165) is 42.8 Å². The third-order valence-corrected chi connectivity index (χ3v) is 6.36. The number of fused-ring (bicyclic) bond motifs is 5. The van der Waals surface area contributed by atoms with Crippen LogP contribution in [0.3, 0.4) is 0 Å². The highest BCUT2D eigenvalue weighted by Crippen LogP contribution is 2.31. The highest BCUT2D eigenvalue weighted by molar-refractivity contribution is 7.00. The summed E-state index contributed by atoms with van der Waals surface area (Å²) in [7, 11) is 2.06. The zero-order valence-corrected chi connectivity index (χ0v) is 18.7. The van der Waals surface area contributed by atoms with Crippen LogP contribution in [0.1, 0.15) is 29.2 Å². The molecular formula is C20H25Cl2N5OS. The molecule has 2 aromatic heterocycles. The van der Waals surface area contributed by atoms with Gasteiger partial charge in [0.05, 0.1) is 11.7 Å². The van der Waals surface area contributed by atoms with Crippen molar-refractivity contribution < 1.29 is 0 Å². The molecule has 1 saturated heterocycles. The molecule has 5 rings (SSSR count). The summed E-state index contributed by atoms with van der Waals surface area (Å²) >= 11 is 1.24. The minimum absolute atomic E-state index is 0. The SMILES string of the molecule is CN(Cc1ccc2nsnc2c1)Cc1ccc2n(c1=O)C[C@@H]1CNC[C@H]2C1.Cl.Cl. The quantitative estimate of drug-likeness (QED) is 0.657. The Morgan fingerprint density at radius 1 is 1.14 bits per heavy atom. The second kappa shape index (κ2) is 9.10. The van der Waals surface area contributed by atoms with Crippen LogP contribution in [-0.4, -0.2) is 38.4 Å².